The van der Waals surface area contributed by atoms with Crippen LogP contribution in [-0.4, -0.2) is 73.8 Å². The van der Waals surface area contributed by atoms with Gasteiger partial charge < -0.3 is 20.7 Å². The molecular weight excluding hydrogens is 365 g/mol. The van der Waals surface area contributed by atoms with Crippen molar-refractivity contribution in [3.8, 4) is 0 Å². The number of unbranched alkanes of at least 4 members (excludes halogenated alkanes) is 1. The van der Waals surface area contributed by atoms with Gasteiger partial charge in [-0.3, -0.25) is 4.57 Å². The van der Waals surface area contributed by atoms with Gasteiger partial charge in [-0.15, -0.1) is 13.2 Å². The van der Waals surface area contributed by atoms with Gasteiger partial charge in [-0.25, -0.2) is 15.0 Å². The number of hydrogen-bond acceptors (Lipinski definition) is 7. The number of nitrogens with zero attached hydrogens (tertiary/aromatic N) is 4. The predicted molar refractivity (Wildman–Crippen MR) is 110 cm³/mol. The normalized spacial score (nSPS) is 26.1. The summed E-state index contributed by atoms with van der Waals surface area (Å²) < 4.78 is 7.89. The minimum atomic E-state index is -1.24. The molecule has 0 aliphatic carbocycles. The topological polar surface area (TPSA) is 119 Å². The molecule has 2 aromatic rings. The lowest BCUT2D eigenvalue weighted by molar-refractivity contribution is -0.0368. The van der Waals surface area contributed by atoms with E-state index in [0.29, 0.717) is 29.8 Å². The average Bonchev–Trinajstić information content (AvgIpc) is 3.10. The molecule has 0 amide bonds. The van der Waals surface area contributed by atoms with E-state index in [9.17, 15) is 10.2 Å². The Balaban J connectivity index is 1.95. The molecular formula is C18H30N5O3P. The summed E-state index contributed by atoms with van der Waals surface area (Å²) in [6.45, 7) is 5.15. The third-order valence-electron chi connectivity index (χ3n) is 4.94. The first-order chi connectivity index (χ1) is 12.7. The molecule has 9 heteroatoms. The molecule has 4 atom stereocenters. The first-order valence-electron chi connectivity index (χ1n) is 9.39. The Morgan fingerprint density at radius 1 is 1.30 bits per heavy atom. The van der Waals surface area contributed by atoms with Crippen LogP contribution in [0.3, 0.4) is 0 Å². The minimum Gasteiger partial charge on any atom is -0.388 e. The van der Waals surface area contributed by atoms with Crippen LogP contribution in [0, 0.1) is 0 Å². The van der Waals surface area contributed by atoms with Crippen molar-refractivity contribution >= 4 is 30.2 Å². The average molecular weight is 395 g/mol. The fourth-order valence-electron chi connectivity index (χ4n) is 3.41. The van der Waals surface area contributed by atoms with E-state index in [1.165, 1.54) is 6.33 Å². The Kier molecular flexibility index (Phi) is 5.91. The molecule has 150 valence electrons. The zero-order valence-electron chi connectivity index (χ0n) is 16.2. The smallest absolute Gasteiger partial charge is 0.167 e. The lowest BCUT2D eigenvalue weighted by Gasteiger charge is -2.20. The first-order valence-corrected chi connectivity index (χ1v) is 12.4. The molecule has 0 radical (unpaired) electrons. The molecule has 1 aliphatic heterocycles. The number of fused-ring (bicyclic) bond motifs is 1. The number of aliphatic hydroxyl groups is 2. The zero-order chi connectivity index (χ0) is 19.8. The molecule has 27 heavy (non-hydrogen) atoms. The van der Waals surface area contributed by atoms with Gasteiger partial charge in [0.2, 0.25) is 0 Å². The second-order valence-corrected chi connectivity index (χ2v) is 12.2. The number of imidazole rings is 1. The van der Waals surface area contributed by atoms with Crippen LogP contribution in [-0.2, 0) is 11.2 Å². The fraction of sp³-hybridized carbons (Fsp3) is 0.667. The number of anilines is 1. The molecule has 1 aliphatic rings. The molecule has 0 spiro atoms. The molecule has 0 aromatic carbocycles. The van der Waals surface area contributed by atoms with Crippen molar-refractivity contribution in [2.24, 2.45) is 0 Å². The molecule has 4 N–H and O–H groups in total. The van der Waals surface area contributed by atoms with Gasteiger partial charge in [-0.05, 0) is 32.3 Å². The summed E-state index contributed by atoms with van der Waals surface area (Å²) in [5, 5.41) is 21.2. The van der Waals surface area contributed by atoms with Gasteiger partial charge in [0.15, 0.2) is 23.2 Å². The lowest BCUT2D eigenvalue weighted by Crippen LogP contribution is -2.32. The Morgan fingerprint density at radius 3 is 2.70 bits per heavy atom. The Hall–Kier alpha value is -1.47. The molecule has 3 rings (SSSR count). The number of rotatable bonds is 7. The highest BCUT2D eigenvalue weighted by molar-refractivity contribution is 7.72. The Labute approximate surface area is 159 Å². The van der Waals surface area contributed by atoms with Crippen LogP contribution in [0.15, 0.2) is 6.33 Å². The number of aliphatic hydroxyl groups excluding tert-OH is 2. The van der Waals surface area contributed by atoms with Crippen molar-refractivity contribution in [2.45, 2.75) is 57.1 Å². The van der Waals surface area contributed by atoms with Gasteiger partial charge in [0.1, 0.15) is 24.4 Å². The van der Waals surface area contributed by atoms with E-state index in [0.717, 1.165) is 24.8 Å². The molecule has 1 saturated heterocycles. The Bertz CT molecular complexity index is 849. The number of aryl methyl sites for hydroxylation is 1. The van der Waals surface area contributed by atoms with E-state index in [-0.39, 0.29) is 0 Å². The summed E-state index contributed by atoms with van der Waals surface area (Å²) in [5.41, 5.74) is 6.99. The third kappa shape index (κ3) is 4.19. The van der Waals surface area contributed by atoms with Crippen molar-refractivity contribution < 1.29 is 14.9 Å². The van der Waals surface area contributed by atoms with Crippen molar-refractivity contribution in [2.75, 3.05) is 25.2 Å². The summed E-state index contributed by atoms with van der Waals surface area (Å²) in [7, 11) is 0. The van der Waals surface area contributed by atoms with Crippen molar-refractivity contribution in [1.82, 2.24) is 19.5 Å². The van der Waals surface area contributed by atoms with E-state index in [1.807, 2.05) is 0 Å². The summed E-state index contributed by atoms with van der Waals surface area (Å²) >= 11 is 0. The van der Waals surface area contributed by atoms with Crippen LogP contribution >= 0.6 is 6.89 Å². The van der Waals surface area contributed by atoms with Crippen molar-refractivity contribution in [1.29, 1.82) is 0 Å². The summed E-state index contributed by atoms with van der Waals surface area (Å²) in [6, 6.07) is 0. The van der Waals surface area contributed by atoms with Gasteiger partial charge in [0, 0.05) is 6.42 Å². The lowest BCUT2D eigenvalue weighted by atomic mass is 10.1. The van der Waals surface area contributed by atoms with E-state index in [4.69, 9.17) is 10.5 Å². The SMILES string of the molecule is C=P(C)(C)CC[C@H]1OC(n2c(CCCC)nc3c(N)ncnc32)[C@H](O)[C@@H]1O. The summed E-state index contributed by atoms with van der Waals surface area (Å²) in [5.74, 6) is 1.03. The van der Waals surface area contributed by atoms with Gasteiger partial charge in [-0.1, -0.05) is 13.3 Å². The monoisotopic (exact) mass is 395 g/mol. The number of ether oxygens (including phenoxy) is 1. The number of nitrogens with two attached hydrogens (primary N) is 1. The molecule has 0 bridgehead atoms. The predicted octanol–water partition coefficient (Wildman–Crippen LogP) is 1.47. The van der Waals surface area contributed by atoms with Gasteiger partial charge in [0.05, 0.1) is 6.10 Å². The summed E-state index contributed by atoms with van der Waals surface area (Å²) in [4.78, 5) is 12.9. The second kappa shape index (κ2) is 7.87. The summed E-state index contributed by atoms with van der Waals surface area (Å²) in [6.07, 6.45) is 6.57. The van der Waals surface area contributed by atoms with Gasteiger partial charge >= 0.3 is 0 Å². The van der Waals surface area contributed by atoms with Crippen LogP contribution in [0.1, 0.15) is 38.2 Å². The highest BCUT2D eigenvalue weighted by Crippen LogP contribution is 2.40. The zero-order valence-corrected chi connectivity index (χ0v) is 17.1. The van der Waals surface area contributed by atoms with Crippen LogP contribution in [0.25, 0.3) is 11.2 Å². The van der Waals surface area contributed by atoms with Gasteiger partial charge in [-0.2, -0.15) is 0 Å². The van der Waals surface area contributed by atoms with E-state index in [1.54, 1.807) is 4.57 Å². The molecule has 1 fully saturated rings. The molecule has 0 saturated carbocycles. The van der Waals surface area contributed by atoms with E-state index >= 15 is 0 Å². The molecule has 3 heterocycles. The van der Waals surface area contributed by atoms with Gasteiger partial charge in [0.25, 0.3) is 0 Å². The molecule has 1 unspecified atom stereocenters. The van der Waals surface area contributed by atoms with E-state index < -0.39 is 31.4 Å². The highest BCUT2D eigenvalue weighted by atomic mass is 31.2. The highest BCUT2D eigenvalue weighted by Gasteiger charge is 2.44. The fourth-order valence-corrected chi connectivity index (χ4v) is 4.36. The largest absolute Gasteiger partial charge is 0.388 e. The maximum absolute atomic E-state index is 10.7. The van der Waals surface area contributed by atoms with Crippen LogP contribution in [0.4, 0.5) is 5.82 Å². The Morgan fingerprint density at radius 2 is 2.04 bits per heavy atom. The number of hydrogen-bond donors (Lipinski definition) is 3. The number of aromatic nitrogens is 4. The van der Waals surface area contributed by atoms with E-state index in [2.05, 4.69) is 41.5 Å². The first kappa shape index (κ1) is 20.3. The van der Waals surface area contributed by atoms with Crippen molar-refractivity contribution in [3.63, 3.8) is 0 Å². The standard InChI is InChI=1S/C18H30N5O3P/c1-5-6-7-12-22-13-16(19)20-10-21-17(13)23(12)18-15(25)14(24)11(26-18)8-9-27(2,3)4/h10-11,14-15,18,24-25H,2,5-9H2,1,3-4H3,(H2,19,20,21)/t11-,14-,15-,18?/m1/s1. The molecule has 2 aromatic heterocycles. The minimum absolute atomic E-state index is 0.296. The number of nitrogen functional groups attached to an aromatic ring is 1. The molecule has 8 nitrogen and oxygen atoms in total. The van der Waals surface area contributed by atoms with Crippen molar-refractivity contribution in [3.05, 3.63) is 12.2 Å². The maximum atomic E-state index is 10.7. The van der Waals surface area contributed by atoms with Crippen LogP contribution in [0.5, 0.6) is 0 Å². The third-order valence-corrected chi connectivity index (χ3v) is 6.41. The second-order valence-electron chi connectivity index (χ2n) is 7.93. The van der Waals surface area contributed by atoms with Crippen LogP contribution < -0.4 is 5.73 Å². The quantitative estimate of drug-likeness (QED) is 0.607. The van der Waals surface area contributed by atoms with Crippen LogP contribution in [0.2, 0.25) is 0 Å². The maximum Gasteiger partial charge on any atom is 0.167 e.